The standard InChI is InChI=1S/C22H21N3O6S/c1-31-21-9-8-19(15-20(21)25(27)28)32(29,30)24-12-10-23(11-13-24)22(26)18-7-6-16-4-2-3-5-17(16)14-18/h2-9,14-15H,10-13H2,1H3. The fourth-order valence-electron chi connectivity index (χ4n) is 3.76. The molecular weight excluding hydrogens is 434 g/mol. The van der Waals surface area contributed by atoms with E-state index in [1.165, 1.54) is 23.5 Å². The second-order valence-corrected chi connectivity index (χ2v) is 9.29. The zero-order valence-electron chi connectivity index (χ0n) is 17.3. The Balaban J connectivity index is 1.49. The summed E-state index contributed by atoms with van der Waals surface area (Å²) in [4.78, 5) is 24.9. The molecule has 1 heterocycles. The first-order valence-electron chi connectivity index (χ1n) is 9.92. The van der Waals surface area contributed by atoms with Crippen LogP contribution < -0.4 is 4.74 Å². The van der Waals surface area contributed by atoms with Gasteiger partial charge in [0.2, 0.25) is 10.0 Å². The zero-order valence-corrected chi connectivity index (χ0v) is 18.1. The topological polar surface area (TPSA) is 110 Å². The van der Waals surface area contributed by atoms with Crippen LogP contribution in [0, 0.1) is 10.1 Å². The number of fused-ring (bicyclic) bond motifs is 1. The molecule has 0 radical (unpaired) electrons. The second-order valence-electron chi connectivity index (χ2n) is 7.35. The Kier molecular flexibility index (Phi) is 5.81. The molecule has 0 bridgehead atoms. The van der Waals surface area contributed by atoms with Crippen molar-refractivity contribution in [1.82, 2.24) is 9.21 Å². The number of piperazine rings is 1. The van der Waals surface area contributed by atoms with Gasteiger partial charge < -0.3 is 9.64 Å². The van der Waals surface area contributed by atoms with E-state index in [2.05, 4.69) is 0 Å². The van der Waals surface area contributed by atoms with Gasteiger partial charge in [-0.05, 0) is 35.0 Å². The van der Waals surface area contributed by atoms with E-state index in [9.17, 15) is 23.3 Å². The van der Waals surface area contributed by atoms with Gasteiger partial charge >= 0.3 is 5.69 Å². The summed E-state index contributed by atoms with van der Waals surface area (Å²) in [7, 11) is -2.67. The Morgan fingerprint density at radius 3 is 2.31 bits per heavy atom. The van der Waals surface area contributed by atoms with Crippen molar-refractivity contribution in [2.75, 3.05) is 33.3 Å². The van der Waals surface area contributed by atoms with Gasteiger partial charge in [-0.1, -0.05) is 30.3 Å². The molecule has 1 saturated heterocycles. The van der Waals surface area contributed by atoms with Gasteiger partial charge in [-0.3, -0.25) is 14.9 Å². The minimum atomic E-state index is -3.95. The average molecular weight is 455 g/mol. The summed E-state index contributed by atoms with van der Waals surface area (Å²) in [5.41, 5.74) is 0.129. The van der Waals surface area contributed by atoms with Crippen molar-refractivity contribution in [2.45, 2.75) is 4.90 Å². The molecule has 1 aliphatic rings. The number of carbonyl (C=O) groups is 1. The third-order valence-electron chi connectivity index (χ3n) is 5.51. The summed E-state index contributed by atoms with van der Waals surface area (Å²) < 4.78 is 32.2. The molecule has 32 heavy (non-hydrogen) atoms. The first kappa shape index (κ1) is 21.7. The van der Waals surface area contributed by atoms with E-state index in [0.717, 1.165) is 16.8 Å². The molecule has 0 aliphatic carbocycles. The minimum absolute atomic E-state index is 0.0141. The van der Waals surface area contributed by atoms with E-state index in [-0.39, 0.29) is 42.7 Å². The number of ether oxygens (including phenoxy) is 1. The number of nitrogens with zero attached hydrogens (tertiary/aromatic N) is 3. The van der Waals surface area contributed by atoms with E-state index in [0.29, 0.717) is 5.56 Å². The van der Waals surface area contributed by atoms with Gasteiger partial charge in [0.15, 0.2) is 5.75 Å². The van der Waals surface area contributed by atoms with Crippen LogP contribution in [0.2, 0.25) is 0 Å². The highest BCUT2D eigenvalue weighted by Gasteiger charge is 2.32. The fraction of sp³-hybridized carbons (Fsp3) is 0.227. The monoisotopic (exact) mass is 455 g/mol. The van der Waals surface area contributed by atoms with Crippen LogP contribution in [0.1, 0.15) is 10.4 Å². The highest BCUT2D eigenvalue weighted by atomic mass is 32.2. The van der Waals surface area contributed by atoms with Crippen LogP contribution in [0.15, 0.2) is 65.6 Å². The molecule has 0 saturated carbocycles. The maximum Gasteiger partial charge on any atom is 0.312 e. The molecule has 3 aromatic carbocycles. The van der Waals surface area contributed by atoms with Crippen molar-refractivity contribution < 1.29 is 22.9 Å². The van der Waals surface area contributed by atoms with Crippen molar-refractivity contribution in [3.05, 3.63) is 76.3 Å². The minimum Gasteiger partial charge on any atom is -0.490 e. The SMILES string of the molecule is COc1ccc(S(=O)(=O)N2CCN(C(=O)c3ccc4ccccc4c3)CC2)cc1[N+](=O)[O-]. The number of carbonyl (C=O) groups excluding carboxylic acids is 1. The molecule has 4 rings (SSSR count). The smallest absolute Gasteiger partial charge is 0.312 e. The molecule has 166 valence electrons. The number of nitro groups is 1. The van der Waals surface area contributed by atoms with Gasteiger partial charge in [0, 0.05) is 37.8 Å². The number of sulfonamides is 1. The molecule has 0 N–H and O–H groups in total. The lowest BCUT2D eigenvalue weighted by Crippen LogP contribution is -2.50. The molecule has 0 aromatic heterocycles. The molecule has 0 spiro atoms. The summed E-state index contributed by atoms with van der Waals surface area (Å²) >= 11 is 0. The third kappa shape index (κ3) is 4.02. The van der Waals surface area contributed by atoms with Crippen LogP contribution >= 0.6 is 0 Å². The van der Waals surface area contributed by atoms with E-state index < -0.39 is 20.6 Å². The van der Waals surface area contributed by atoms with Gasteiger partial charge in [0.25, 0.3) is 5.91 Å². The summed E-state index contributed by atoms with van der Waals surface area (Å²) in [6.45, 7) is 0.648. The van der Waals surface area contributed by atoms with Crippen LogP contribution in [-0.4, -0.2) is 61.7 Å². The quantitative estimate of drug-likeness (QED) is 0.432. The van der Waals surface area contributed by atoms with E-state index >= 15 is 0 Å². The summed E-state index contributed by atoms with van der Waals surface area (Å²) in [5, 5.41) is 13.2. The Hall–Kier alpha value is -3.50. The van der Waals surface area contributed by atoms with Gasteiger partial charge in [-0.2, -0.15) is 4.31 Å². The number of rotatable bonds is 5. The largest absolute Gasteiger partial charge is 0.490 e. The first-order chi connectivity index (χ1) is 15.3. The second kappa shape index (κ2) is 8.56. The highest BCUT2D eigenvalue weighted by Crippen LogP contribution is 2.31. The normalized spacial score (nSPS) is 15.0. The van der Waals surface area contributed by atoms with E-state index in [1.54, 1.807) is 11.0 Å². The van der Waals surface area contributed by atoms with Crippen molar-refractivity contribution in [3.8, 4) is 5.75 Å². The number of methoxy groups -OCH3 is 1. The maximum absolute atomic E-state index is 13.0. The molecule has 10 heteroatoms. The zero-order chi connectivity index (χ0) is 22.9. The summed E-state index contributed by atoms with van der Waals surface area (Å²) in [6.07, 6.45) is 0. The van der Waals surface area contributed by atoms with Crippen molar-refractivity contribution in [3.63, 3.8) is 0 Å². The van der Waals surface area contributed by atoms with Crippen molar-refractivity contribution >= 4 is 32.4 Å². The predicted octanol–water partition coefficient (Wildman–Crippen LogP) is 2.90. The van der Waals surface area contributed by atoms with Crippen LogP contribution in [0.5, 0.6) is 5.75 Å². The number of amides is 1. The van der Waals surface area contributed by atoms with Gasteiger partial charge in [-0.25, -0.2) is 8.42 Å². The number of benzene rings is 3. The number of hydrogen-bond acceptors (Lipinski definition) is 6. The lowest BCUT2D eigenvalue weighted by Gasteiger charge is -2.34. The average Bonchev–Trinajstić information content (AvgIpc) is 2.82. The van der Waals surface area contributed by atoms with Crippen molar-refractivity contribution in [2.24, 2.45) is 0 Å². The molecule has 1 amide bonds. The Labute approximate surface area is 185 Å². The summed E-state index contributed by atoms with van der Waals surface area (Å²) in [6, 6.07) is 16.8. The lowest BCUT2D eigenvalue weighted by atomic mass is 10.1. The summed E-state index contributed by atoms with van der Waals surface area (Å²) in [5.74, 6) is -0.173. The van der Waals surface area contributed by atoms with Gasteiger partial charge in [-0.15, -0.1) is 0 Å². The molecule has 1 aliphatic heterocycles. The molecule has 9 nitrogen and oxygen atoms in total. The number of nitro benzene ring substituents is 1. The van der Waals surface area contributed by atoms with Gasteiger partial charge in [0.05, 0.1) is 16.9 Å². The van der Waals surface area contributed by atoms with Crippen molar-refractivity contribution in [1.29, 1.82) is 0 Å². The fourth-order valence-corrected chi connectivity index (χ4v) is 5.20. The Morgan fingerprint density at radius 2 is 1.66 bits per heavy atom. The van der Waals surface area contributed by atoms with Crippen LogP contribution in [0.3, 0.4) is 0 Å². The molecule has 3 aromatic rings. The van der Waals surface area contributed by atoms with Crippen LogP contribution in [-0.2, 0) is 10.0 Å². The highest BCUT2D eigenvalue weighted by molar-refractivity contribution is 7.89. The molecule has 0 atom stereocenters. The van der Waals surface area contributed by atoms with Crippen LogP contribution in [0.25, 0.3) is 10.8 Å². The van der Waals surface area contributed by atoms with Crippen LogP contribution in [0.4, 0.5) is 5.69 Å². The van der Waals surface area contributed by atoms with E-state index in [1.807, 2.05) is 36.4 Å². The number of hydrogen-bond donors (Lipinski definition) is 0. The molecule has 0 unspecified atom stereocenters. The van der Waals surface area contributed by atoms with Gasteiger partial charge in [0.1, 0.15) is 0 Å². The predicted molar refractivity (Wildman–Crippen MR) is 118 cm³/mol. The molecular formula is C22H21N3O6S. The Bertz CT molecular complexity index is 1300. The first-order valence-corrected chi connectivity index (χ1v) is 11.4. The third-order valence-corrected chi connectivity index (χ3v) is 7.40. The lowest BCUT2D eigenvalue weighted by molar-refractivity contribution is -0.386. The maximum atomic E-state index is 13.0. The van der Waals surface area contributed by atoms with E-state index in [4.69, 9.17) is 4.74 Å². The Morgan fingerprint density at radius 1 is 0.969 bits per heavy atom. The molecule has 1 fully saturated rings.